The van der Waals surface area contributed by atoms with E-state index in [1.54, 1.807) is 0 Å². The highest BCUT2D eigenvalue weighted by Crippen LogP contribution is 2.37. The van der Waals surface area contributed by atoms with Crippen LogP contribution in [0.3, 0.4) is 0 Å². The summed E-state index contributed by atoms with van der Waals surface area (Å²) in [5, 5.41) is 3.74. The first kappa shape index (κ1) is 15.5. The van der Waals surface area contributed by atoms with Gasteiger partial charge in [-0.25, -0.2) is 0 Å². The fraction of sp³-hybridized carbons (Fsp3) is 0.706. The van der Waals surface area contributed by atoms with E-state index in [0.717, 1.165) is 13.1 Å². The first-order valence-electron chi connectivity index (χ1n) is 7.87. The fourth-order valence-corrected chi connectivity index (χ4v) is 3.61. The van der Waals surface area contributed by atoms with Crippen molar-refractivity contribution in [1.82, 2.24) is 15.2 Å². The minimum atomic E-state index is 0.380. The van der Waals surface area contributed by atoms with Gasteiger partial charge in [-0.1, -0.05) is 27.2 Å². The molecule has 1 N–H and O–H groups in total. The number of likely N-dealkylation sites (N-methyl/N-ethyl adjacent to an activating group) is 2. The van der Waals surface area contributed by atoms with Crippen molar-refractivity contribution in [3.63, 3.8) is 0 Å². The van der Waals surface area contributed by atoms with Gasteiger partial charge < -0.3 is 5.32 Å². The molecule has 0 bridgehead atoms. The lowest BCUT2D eigenvalue weighted by Gasteiger charge is -2.48. The maximum Gasteiger partial charge on any atom is 0.0274 e. The second kappa shape index (κ2) is 6.68. The van der Waals surface area contributed by atoms with E-state index in [1.165, 1.54) is 24.8 Å². The number of nitrogens with zero attached hydrogens (tertiary/aromatic N) is 2. The molecule has 2 unspecified atom stereocenters. The summed E-state index contributed by atoms with van der Waals surface area (Å²) >= 11 is 0. The van der Waals surface area contributed by atoms with Crippen molar-refractivity contribution >= 4 is 0 Å². The van der Waals surface area contributed by atoms with E-state index in [-0.39, 0.29) is 0 Å². The lowest BCUT2D eigenvalue weighted by molar-refractivity contribution is 0.0598. The van der Waals surface area contributed by atoms with E-state index < -0.39 is 0 Å². The Bertz CT molecular complexity index is 402. The Labute approximate surface area is 123 Å². The highest BCUT2D eigenvalue weighted by Gasteiger charge is 2.39. The van der Waals surface area contributed by atoms with E-state index >= 15 is 0 Å². The lowest BCUT2D eigenvalue weighted by Crippen LogP contribution is -2.57. The van der Waals surface area contributed by atoms with Crippen molar-refractivity contribution in [2.45, 2.75) is 58.7 Å². The number of pyridine rings is 1. The van der Waals surface area contributed by atoms with Crippen molar-refractivity contribution in [1.29, 1.82) is 0 Å². The molecule has 0 aliphatic heterocycles. The molecule has 20 heavy (non-hydrogen) atoms. The molecule has 0 amide bonds. The maximum absolute atomic E-state index is 4.10. The predicted octanol–water partition coefficient (Wildman–Crippen LogP) is 3.07. The van der Waals surface area contributed by atoms with E-state index in [2.05, 4.69) is 55.2 Å². The zero-order chi connectivity index (χ0) is 14.6. The van der Waals surface area contributed by atoms with Gasteiger partial charge in [-0.05, 0) is 49.5 Å². The smallest absolute Gasteiger partial charge is 0.0274 e. The molecular weight excluding hydrogens is 246 g/mol. The molecule has 3 nitrogen and oxygen atoms in total. The first-order chi connectivity index (χ1) is 9.54. The summed E-state index contributed by atoms with van der Waals surface area (Å²) in [5.74, 6) is 0. The molecule has 0 spiro atoms. The van der Waals surface area contributed by atoms with Crippen LogP contribution >= 0.6 is 0 Å². The average Bonchev–Trinajstić information content (AvgIpc) is 2.42. The van der Waals surface area contributed by atoms with Crippen LogP contribution in [0.25, 0.3) is 0 Å². The van der Waals surface area contributed by atoms with Crippen LogP contribution in [-0.2, 0) is 6.54 Å². The van der Waals surface area contributed by atoms with Gasteiger partial charge in [-0.15, -0.1) is 0 Å². The van der Waals surface area contributed by atoms with Crippen molar-refractivity contribution < 1.29 is 0 Å². The van der Waals surface area contributed by atoms with Crippen LogP contribution in [0.4, 0.5) is 0 Å². The van der Waals surface area contributed by atoms with E-state index in [1.807, 2.05) is 12.4 Å². The fourth-order valence-electron chi connectivity index (χ4n) is 3.61. The topological polar surface area (TPSA) is 28.2 Å². The van der Waals surface area contributed by atoms with Gasteiger partial charge in [0.1, 0.15) is 0 Å². The van der Waals surface area contributed by atoms with Crippen LogP contribution in [0, 0.1) is 5.41 Å². The quantitative estimate of drug-likeness (QED) is 0.895. The molecule has 1 fully saturated rings. The Balaban J connectivity index is 2.08. The summed E-state index contributed by atoms with van der Waals surface area (Å²) in [6.07, 6.45) is 7.72. The summed E-state index contributed by atoms with van der Waals surface area (Å²) in [7, 11) is 2.26. The van der Waals surface area contributed by atoms with Crippen LogP contribution < -0.4 is 5.32 Å². The molecule has 0 aromatic carbocycles. The third kappa shape index (κ3) is 3.58. The van der Waals surface area contributed by atoms with Crippen molar-refractivity contribution in [3.05, 3.63) is 30.1 Å². The molecule has 0 radical (unpaired) electrons. The number of nitrogens with one attached hydrogen (secondary N) is 1. The Morgan fingerprint density at radius 1 is 1.35 bits per heavy atom. The normalized spacial score (nSPS) is 25.9. The van der Waals surface area contributed by atoms with Gasteiger partial charge in [0, 0.05) is 31.0 Å². The van der Waals surface area contributed by atoms with Gasteiger partial charge in [-0.2, -0.15) is 0 Å². The maximum atomic E-state index is 4.10. The monoisotopic (exact) mass is 275 g/mol. The van der Waals surface area contributed by atoms with Crippen LogP contribution in [0.1, 0.15) is 45.6 Å². The van der Waals surface area contributed by atoms with Crippen molar-refractivity contribution in [3.8, 4) is 0 Å². The summed E-state index contributed by atoms with van der Waals surface area (Å²) in [5.41, 5.74) is 1.73. The van der Waals surface area contributed by atoms with E-state index in [4.69, 9.17) is 0 Å². The molecule has 2 atom stereocenters. The minimum absolute atomic E-state index is 0.380. The molecule has 2 rings (SSSR count). The first-order valence-corrected chi connectivity index (χ1v) is 7.87. The van der Waals surface area contributed by atoms with E-state index in [9.17, 15) is 0 Å². The second-order valence-corrected chi connectivity index (χ2v) is 6.75. The third-order valence-corrected chi connectivity index (χ3v) is 4.72. The SMILES string of the molecule is CCNC1C(N(C)Cc2ccncc2)CCCC1(C)C. The number of rotatable bonds is 5. The van der Waals surface area contributed by atoms with E-state index in [0.29, 0.717) is 17.5 Å². The molecule has 1 heterocycles. The molecule has 1 aliphatic rings. The van der Waals surface area contributed by atoms with Crippen LogP contribution in [0.15, 0.2) is 24.5 Å². The van der Waals surface area contributed by atoms with Gasteiger partial charge in [0.25, 0.3) is 0 Å². The molecule has 0 saturated heterocycles. The molecule has 1 aromatic rings. The molecule has 1 aliphatic carbocycles. The van der Waals surface area contributed by atoms with Gasteiger partial charge >= 0.3 is 0 Å². The predicted molar refractivity (Wildman–Crippen MR) is 84.6 cm³/mol. The Morgan fingerprint density at radius 3 is 2.70 bits per heavy atom. The lowest BCUT2D eigenvalue weighted by atomic mass is 9.70. The van der Waals surface area contributed by atoms with Gasteiger partial charge in [0.05, 0.1) is 0 Å². The largest absolute Gasteiger partial charge is 0.312 e. The zero-order valence-electron chi connectivity index (χ0n) is 13.4. The van der Waals surface area contributed by atoms with Gasteiger partial charge in [0.2, 0.25) is 0 Å². The highest BCUT2D eigenvalue weighted by molar-refractivity contribution is 5.10. The highest BCUT2D eigenvalue weighted by atomic mass is 15.2. The second-order valence-electron chi connectivity index (χ2n) is 6.75. The molecule has 1 saturated carbocycles. The van der Waals surface area contributed by atoms with Gasteiger partial charge in [0.15, 0.2) is 0 Å². The van der Waals surface area contributed by atoms with Crippen molar-refractivity contribution in [2.75, 3.05) is 13.6 Å². The summed E-state index contributed by atoms with van der Waals surface area (Å²) < 4.78 is 0. The number of hydrogen-bond donors (Lipinski definition) is 1. The summed E-state index contributed by atoms with van der Waals surface area (Å²) in [4.78, 5) is 6.62. The van der Waals surface area contributed by atoms with Crippen LogP contribution in [0.2, 0.25) is 0 Å². The van der Waals surface area contributed by atoms with Crippen LogP contribution in [-0.4, -0.2) is 35.6 Å². The zero-order valence-corrected chi connectivity index (χ0v) is 13.4. The number of hydrogen-bond acceptors (Lipinski definition) is 3. The average molecular weight is 275 g/mol. The number of aromatic nitrogens is 1. The third-order valence-electron chi connectivity index (χ3n) is 4.72. The summed E-state index contributed by atoms with van der Waals surface area (Å²) in [6.45, 7) is 9.09. The Kier molecular flexibility index (Phi) is 5.17. The Hall–Kier alpha value is -0.930. The molecule has 112 valence electrons. The van der Waals surface area contributed by atoms with Gasteiger partial charge in [-0.3, -0.25) is 9.88 Å². The van der Waals surface area contributed by atoms with Crippen LogP contribution in [0.5, 0.6) is 0 Å². The minimum Gasteiger partial charge on any atom is -0.312 e. The standard InChI is InChI=1S/C17H29N3/c1-5-19-16-15(7-6-10-17(16,2)3)20(4)13-14-8-11-18-12-9-14/h8-9,11-12,15-16,19H,5-7,10,13H2,1-4H3. The molecule has 1 aromatic heterocycles. The summed E-state index contributed by atoms with van der Waals surface area (Å²) in [6, 6.07) is 5.43. The molecular formula is C17H29N3. The Morgan fingerprint density at radius 2 is 2.05 bits per heavy atom. The molecule has 3 heteroatoms. The van der Waals surface area contributed by atoms with Crippen molar-refractivity contribution in [2.24, 2.45) is 5.41 Å².